The van der Waals surface area contributed by atoms with Crippen molar-refractivity contribution in [2.24, 2.45) is 11.7 Å². The number of hydrogen-bond donors (Lipinski definition) is 1. The summed E-state index contributed by atoms with van der Waals surface area (Å²) in [5.41, 5.74) is 5.91. The van der Waals surface area contributed by atoms with E-state index in [0.29, 0.717) is 26.1 Å². The van der Waals surface area contributed by atoms with Crippen LogP contribution < -0.4 is 5.73 Å². The van der Waals surface area contributed by atoms with Gasteiger partial charge >= 0.3 is 0 Å². The van der Waals surface area contributed by atoms with E-state index in [2.05, 4.69) is 0 Å². The fraction of sp³-hybridized carbons (Fsp3) is 1.00. The molecule has 0 saturated carbocycles. The van der Waals surface area contributed by atoms with Crippen LogP contribution in [0.1, 0.15) is 33.1 Å². The largest absolute Gasteiger partial charge is 0.381 e. The molecule has 1 saturated heterocycles. The van der Waals surface area contributed by atoms with Gasteiger partial charge in [0.15, 0.2) is 9.84 Å². The van der Waals surface area contributed by atoms with Crippen molar-refractivity contribution in [1.82, 2.24) is 0 Å². The van der Waals surface area contributed by atoms with Crippen molar-refractivity contribution in [3.8, 4) is 0 Å². The average Bonchev–Trinajstić information content (AvgIpc) is 2.28. The summed E-state index contributed by atoms with van der Waals surface area (Å²) in [5.74, 6) is 0.377. The Morgan fingerprint density at radius 1 is 1.38 bits per heavy atom. The van der Waals surface area contributed by atoms with E-state index < -0.39 is 9.84 Å². The van der Waals surface area contributed by atoms with Gasteiger partial charge in [-0.25, -0.2) is 8.42 Å². The number of rotatable bonds is 5. The predicted molar refractivity (Wildman–Crippen MR) is 65.1 cm³/mol. The van der Waals surface area contributed by atoms with Gasteiger partial charge in [0.1, 0.15) is 0 Å². The van der Waals surface area contributed by atoms with E-state index in [-0.39, 0.29) is 23.0 Å². The normalized spacial score (nSPS) is 22.9. The third-order valence-electron chi connectivity index (χ3n) is 3.48. The summed E-state index contributed by atoms with van der Waals surface area (Å²) in [6.07, 6.45) is 2.16. The quantitative estimate of drug-likeness (QED) is 0.787. The van der Waals surface area contributed by atoms with E-state index in [1.165, 1.54) is 0 Å². The van der Waals surface area contributed by atoms with E-state index in [1.54, 1.807) is 0 Å². The summed E-state index contributed by atoms with van der Waals surface area (Å²) in [6.45, 7) is 5.15. The molecule has 2 atom stereocenters. The van der Waals surface area contributed by atoms with Gasteiger partial charge in [0.05, 0.1) is 11.0 Å². The zero-order valence-electron chi connectivity index (χ0n) is 10.2. The molecule has 0 amide bonds. The van der Waals surface area contributed by atoms with Gasteiger partial charge in [-0.2, -0.15) is 0 Å². The van der Waals surface area contributed by atoms with Crippen molar-refractivity contribution in [3.63, 3.8) is 0 Å². The monoisotopic (exact) mass is 249 g/mol. The minimum absolute atomic E-state index is 0.118. The molecule has 0 aromatic rings. The first-order chi connectivity index (χ1) is 7.47. The minimum atomic E-state index is -3.04. The molecule has 2 N–H and O–H groups in total. The molecule has 1 aliphatic rings. The highest BCUT2D eigenvalue weighted by Crippen LogP contribution is 2.19. The molecule has 0 aromatic carbocycles. The van der Waals surface area contributed by atoms with Crippen LogP contribution in [0.5, 0.6) is 0 Å². The second kappa shape index (κ2) is 5.98. The maximum Gasteiger partial charge on any atom is 0.154 e. The first-order valence-electron chi connectivity index (χ1n) is 6.02. The highest BCUT2D eigenvalue weighted by Gasteiger charge is 2.30. The zero-order chi connectivity index (χ0) is 12.2. The maximum absolute atomic E-state index is 12.1. The Bertz CT molecular complexity index is 296. The second-order valence-corrected chi connectivity index (χ2v) is 7.02. The summed E-state index contributed by atoms with van der Waals surface area (Å²) >= 11 is 0. The van der Waals surface area contributed by atoms with E-state index in [9.17, 15) is 8.42 Å². The molecule has 1 fully saturated rings. The SMILES string of the molecule is CCC(C)C(N)CS(=O)(=O)C1CCOCC1. The molecule has 0 bridgehead atoms. The number of hydrogen-bond acceptors (Lipinski definition) is 4. The number of ether oxygens (including phenoxy) is 1. The van der Waals surface area contributed by atoms with Gasteiger partial charge in [0.2, 0.25) is 0 Å². The van der Waals surface area contributed by atoms with Crippen molar-refractivity contribution < 1.29 is 13.2 Å². The van der Waals surface area contributed by atoms with E-state index in [4.69, 9.17) is 10.5 Å². The van der Waals surface area contributed by atoms with Crippen LogP contribution in [0.25, 0.3) is 0 Å². The summed E-state index contributed by atoms with van der Waals surface area (Å²) in [4.78, 5) is 0. The molecule has 16 heavy (non-hydrogen) atoms. The van der Waals surface area contributed by atoms with Crippen LogP contribution in [0.4, 0.5) is 0 Å². The van der Waals surface area contributed by atoms with Crippen LogP contribution in [-0.4, -0.2) is 38.7 Å². The van der Waals surface area contributed by atoms with Crippen LogP contribution in [0.15, 0.2) is 0 Å². The van der Waals surface area contributed by atoms with E-state index >= 15 is 0 Å². The fourth-order valence-electron chi connectivity index (χ4n) is 1.91. The highest BCUT2D eigenvalue weighted by atomic mass is 32.2. The lowest BCUT2D eigenvalue weighted by atomic mass is 10.0. The average molecular weight is 249 g/mol. The predicted octanol–water partition coefficient (Wildman–Crippen LogP) is 0.954. The lowest BCUT2D eigenvalue weighted by Gasteiger charge is -2.25. The second-order valence-electron chi connectivity index (χ2n) is 4.69. The van der Waals surface area contributed by atoms with Gasteiger partial charge in [-0.05, 0) is 18.8 Å². The van der Waals surface area contributed by atoms with Gasteiger partial charge in [-0.1, -0.05) is 20.3 Å². The Morgan fingerprint density at radius 3 is 2.44 bits per heavy atom. The maximum atomic E-state index is 12.1. The molecule has 1 aliphatic heterocycles. The van der Waals surface area contributed by atoms with Crippen molar-refractivity contribution in [2.45, 2.75) is 44.4 Å². The third kappa shape index (κ3) is 3.71. The van der Waals surface area contributed by atoms with Crippen molar-refractivity contribution >= 4 is 9.84 Å². The Kier molecular flexibility index (Phi) is 5.21. The van der Waals surface area contributed by atoms with Crippen LogP contribution >= 0.6 is 0 Å². The topological polar surface area (TPSA) is 69.4 Å². The molecule has 0 aliphatic carbocycles. The molecule has 0 radical (unpaired) electrons. The van der Waals surface area contributed by atoms with Crippen LogP contribution in [0, 0.1) is 5.92 Å². The molecule has 0 spiro atoms. The molecular formula is C11H23NO3S. The van der Waals surface area contributed by atoms with Gasteiger partial charge in [-0.3, -0.25) is 0 Å². The lowest BCUT2D eigenvalue weighted by Crippen LogP contribution is -2.40. The number of sulfone groups is 1. The van der Waals surface area contributed by atoms with Crippen molar-refractivity contribution in [3.05, 3.63) is 0 Å². The molecule has 1 rings (SSSR count). The first kappa shape index (κ1) is 13.9. The van der Waals surface area contributed by atoms with E-state index in [0.717, 1.165) is 6.42 Å². The van der Waals surface area contributed by atoms with Gasteiger partial charge in [0, 0.05) is 19.3 Å². The molecule has 5 heteroatoms. The lowest BCUT2D eigenvalue weighted by molar-refractivity contribution is 0.0983. The molecular weight excluding hydrogens is 226 g/mol. The Morgan fingerprint density at radius 2 is 1.94 bits per heavy atom. The standard InChI is InChI=1S/C11H23NO3S/c1-3-9(2)11(12)8-16(13,14)10-4-6-15-7-5-10/h9-11H,3-8,12H2,1-2H3. The van der Waals surface area contributed by atoms with Gasteiger partial charge in [-0.15, -0.1) is 0 Å². The molecule has 0 aromatic heterocycles. The summed E-state index contributed by atoms with van der Waals surface area (Å²) in [7, 11) is -3.04. The van der Waals surface area contributed by atoms with Crippen LogP contribution in [0.2, 0.25) is 0 Å². The zero-order valence-corrected chi connectivity index (χ0v) is 11.0. The minimum Gasteiger partial charge on any atom is -0.381 e. The van der Waals surface area contributed by atoms with E-state index in [1.807, 2.05) is 13.8 Å². The molecule has 2 unspecified atom stereocenters. The highest BCUT2D eigenvalue weighted by molar-refractivity contribution is 7.92. The third-order valence-corrected chi connectivity index (χ3v) is 5.81. The van der Waals surface area contributed by atoms with Gasteiger partial charge in [0.25, 0.3) is 0 Å². The Labute approximate surface area is 98.5 Å². The Hall–Kier alpha value is -0.130. The summed E-state index contributed by atoms with van der Waals surface area (Å²) in [6, 6.07) is -0.238. The number of nitrogens with two attached hydrogens (primary N) is 1. The first-order valence-corrected chi connectivity index (χ1v) is 7.73. The summed E-state index contributed by atoms with van der Waals surface area (Å²) in [5, 5.41) is -0.239. The van der Waals surface area contributed by atoms with Gasteiger partial charge < -0.3 is 10.5 Å². The fourth-order valence-corrected chi connectivity index (χ4v) is 3.95. The van der Waals surface area contributed by atoms with Crippen molar-refractivity contribution in [2.75, 3.05) is 19.0 Å². The summed E-state index contributed by atoms with van der Waals surface area (Å²) < 4.78 is 29.3. The van der Waals surface area contributed by atoms with Crippen LogP contribution in [0.3, 0.4) is 0 Å². The van der Waals surface area contributed by atoms with Crippen molar-refractivity contribution in [1.29, 1.82) is 0 Å². The van der Waals surface area contributed by atoms with Crippen LogP contribution in [-0.2, 0) is 14.6 Å². The molecule has 96 valence electrons. The smallest absolute Gasteiger partial charge is 0.154 e. The Balaban J connectivity index is 2.56. The molecule has 1 heterocycles. The molecule has 4 nitrogen and oxygen atoms in total.